The number of hydrogen-bond acceptors (Lipinski definition) is 4. The molecule has 1 saturated carbocycles. The molecular weight excluding hydrogens is 322 g/mol. The summed E-state index contributed by atoms with van der Waals surface area (Å²) in [6.07, 6.45) is 9.45. The van der Waals surface area contributed by atoms with Gasteiger partial charge >= 0.3 is 0 Å². The predicted octanol–water partition coefficient (Wildman–Crippen LogP) is 3.24. The Kier molecular flexibility index (Phi) is 7.14. The van der Waals surface area contributed by atoms with Crippen molar-refractivity contribution in [1.29, 1.82) is 0 Å². The Balaban J connectivity index is 1.73. The summed E-state index contributed by atoms with van der Waals surface area (Å²) >= 11 is 1.52. The van der Waals surface area contributed by atoms with E-state index in [-0.39, 0.29) is 17.1 Å². The number of amidine groups is 1. The molecule has 0 saturated heterocycles. The van der Waals surface area contributed by atoms with Gasteiger partial charge in [0.2, 0.25) is 5.91 Å². The van der Waals surface area contributed by atoms with Crippen LogP contribution in [0.1, 0.15) is 72.1 Å². The fraction of sp³-hybridized carbons (Fsp3) is 0.833. The lowest BCUT2D eigenvalue weighted by Gasteiger charge is -2.21. The third kappa shape index (κ3) is 6.11. The van der Waals surface area contributed by atoms with Crippen molar-refractivity contribution in [2.45, 2.75) is 83.4 Å². The molecule has 2 amide bonds. The Labute approximate surface area is 149 Å². The smallest absolute Gasteiger partial charge is 0.261 e. The van der Waals surface area contributed by atoms with Gasteiger partial charge in [0.25, 0.3) is 5.91 Å². The van der Waals surface area contributed by atoms with Crippen molar-refractivity contribution >= 4 is 28.7 Å². The second-order valence-corrected chi connectivity index (χ2v) is 9.03. The van der Waals surface area contributed by atoms with E-state index in [1.165, 1.54) is 56.7 Å². The lowest BCUT2D eigenvalue weighted by atomic mass is 9.96. The van der Waals surface area contributed by atoms with Crippen LogP contribution in [0.3, 0.4) is 0 Å². The highest BCUT2D eigenvalue weighted by Gasteiger charge is 2.30. The van der Waals surface area contributed by atoms with Gasteiger partial charge < -0.3 is 10.6 Å². The van der Waals surface area contributed by atoms with Crippen molar-refractivity contribution in [3.63, 3.8) is 0 Å². The van der Waals surface area contributed by atoms with E-state index in [1.807, 2.05) is 20.8 Å². The van der Waals surface area contributed by atoms with Crippen LogP contribution in [0.2, 0.25) is 0 Å². The number of thioether (sulfide) groups is 1. The molecule has 0 aromatic carbocycles. The highest BCUT2D eigenvalue weighted by molar-refractivity contribution is 8.15. The Morgan fingerprint density at radius 2 is 1.79 bits per heavy atom. The summed E-state index contributed by atoms with van der Waals surface area (Å²) in [7, 11) is 0. The molecule has 0 aromatic heterocycles. The van der Waals surface area contributed by atoms with Gasteiger partial charge in [-0.15, -0.1) is 0 Å². The monoisotopic (exact) mass is 353 g/mol. The van der Waals surface area contributed by atoms with Crippen LogP contribution in [0.4, 0.5) is 0 Å². The first-order valence-electron chi connectivity index (χ1n) is 9.20. The molecule has 2 aliphatic rings. The molecule has 1 atom stereocenters. The number of nitrogens with one attached hydrogen (secondary N) is 2. The minimum absolute atomic E-state index is 0.0201. The standard InChI is InChI=1S/C18H31N3O2S/c1-18(2,3)16(23)19-12-11-14-15(22)21-17(24-14)20-13-9-7-5-4-6-8-10-13/h13-14H,4-12H2,1-3H3,(H,19,23)(H,20,21,22). The Morgan fingerprint density at radius 3 is 2.42 bits per heavy atom. The van der Waals surface area contributed by atoms with Crippen molar-refractivity contribution in [2.75, 3.05) is 6.54 Å². The van der Waals surface area contributed by atoms with Crippen LogP contribution in [-0.2, 0) is 9.59 Å². The molecule has 0 aromatic rings. The minimum atomic E-state index is -0.395. The normalized spacial score (nSPS) is 23.4. The second-order valence-electron chi connectivity index (χ2n) is 7.84. The fourth-order valence-corrected chi connectivity index (χ4v) is 4.03. The molecule has 2 N–H and O–H groups in total. The van der Waals surface area contributed by atoms with Crippen LogP contribution >= 0.6 is 11.8 Å². The van der Waals surface area contributed by atoms with Crippen LogP contribution in [0.15, 0.2) is 4.99 Å². The summed E-state index contributed by atoms with van der Waals surface area (Å²) in [6.45, 7) is 6.18. The molecule has 1 unspecified atom stereocenters. The van der Waals surface area contributed by atoms with E-state index >= 15 is 0 Å². The first kappa shape index (κ1) is 19.3. The number of rotatable bonds is 4. The first-order valence-corrected chi connectivity index (χ1v) is 10.1. The van der Waals surface area contributed by atoms with Gasteiger partial charge in [0, 0.05) is 18.0 Å². The average Bonchev–Trinajstić information content (AvgIpc) is 2.80. The average molecular weight is 354 g/mol. The maximum absolute atomic E-state index is 12.1. The topological polar surface area (TPSA) is 70.6 Å². The molecule has 1 aliphatic carbocycles. The lowest BCUT2D eigenvalue weighted by Crippen LogP contribution is -2.36. The third-order valence-electron chi connectivity index (χ3n) is 4.55. The third-order valence-corrected chi connectivity index (χ3v) is 5.70. The van der Waals surface area contributed by atoms with Crippen molar-refractivity contribution in [1.82, 2.24) is 10.6 Å². The summed E-state index contributed by atoms with van der Waals surface area (Å²) in [5.74, 6) is -0.0508. The number of carbonyl (C=O) groups is 2. The summed E-state index contributed by atoms with van der Waals surface area (Å²) < 4.78 is 0. The molecule has 136 valence electrons. The van der Waals surface area contributed by atoms with Crippen molar-refractivity contribution in [3.8, 4) is 0 Å². The number of aliphatic imine (C=N–C) groups is 1. The quantitative estimate of drug-likeness (QED) is 0.814. The zero-order valence-electron chi connectivity index (χ0n) is 15.2. The number of hydrogen-bond donors (Lipinski definition) is 2. The minimum Gasteiger partial charge on any atom is -0.362 e. The zero-order chi connectivity index (χ0) is 17.6. The fourth-order valence-electron chi connectivity index (χ4n) is 2.99. The van der Waals surface area contributed by atoms with E-state index in [0.29, 0.717) is 19.0 Å². The maximum Gasteiger partial charge on any atom is 0.261 e. The van der Waals surface area contributed by atoms with E-state index in [4.69, 9.17) is 0 Å². The van der Waals surface area contributed by atoms with Crippen LogP contribution in [-0.4, -0.2) is 34.8 Å². The summed E-state index contributed by atoms with van der Waals surface area (Å²) in [4.78, 5) is 28.1. The molecule has 0 spiro atoms. The molecule has 2 rings (SSSR count). The Bertz CT molecular complexity index is 477. The summed E-state index contributed by atoms with van der Waals surface area (Å²) in [6, 6.07) is 0.448. The van der Waals surface area contributed by atoms with E-state index in [1.54, 1.807) is 0 Å². The largest absolute Gasteiger partial charge is 0.362 e. The van der Waals surface area contributed by atoms with Gasteiger partial charge in [0.15, 0.2) is 5.17 Å². The maximum atomic E-state index is 12.1. The zero-order valence-corrected chi connectivity index (χ0v) is 16.0. The number of amides is 2. The highest BCUT2D eigenvalue weighted by atomic mass is 32.2. The van der Waals surface area contributed by atoms with Gasteiger partial charge in [-0.2, -0.15) is 4.99 Å². The molecule has 5 nitrogen and oxygen atoms in total. The number of carbonyl (C=O) groups excluding carboxylic acids is 2. The molecule has 0 bridgehead atoms. The van der Waals surface area contributed by atoms with Crippen LogP contribution < -0.4 is 10.6 Å². The van der Waals surface area contributed by atoms with Crippen molar-refractivity contribution < 1.29 is 9.59 Å². The highest BCUT2D eigenvalue weighted by Crippen LogP contribution is 2.26. The summed E-state index contributed by atoms with van der Waals surface area (Å²) in [5.41, 5.74) is -0.395. The van der Waals surface area contributed by atoms with Gasteiger partial charge in [0.1, 0.15) is 0 Å². The molecule has 1 aliphatic heterocycles. The second kappa shape index (κ2) is 8.88. The van der Waals surface area contributed by atoms with Crippen molar-refractivity contribution in [2.24, 2.45) is 10.4 Å². The van der Waals surface area contributed by atoms with Gasteiger partial charge in [-0.3, -0.25) is 9.59 Å². The molecule has 1 heterocycles. The van der Waals surface area contributed by atoms with Crippen LogP contribution in [0.5, 0.6) is 0 Å². The summed E-state index contributed by atoms with van der Waals surface area (Å²) in [5, 5.41) is 6.99. The molecule has 6 heteroatoms. The lowest BCUT2D eigenvalue weighted by molar-refractivity contribution is -0.128. The van der Waals surface area contributed by atoms with Gasteiger partial charge in [-0.05, 0) is 19.3 Å². The molecule has 0 radical (unpaired) electrons. The van der Waals surface area contributed by atoms with Gasteiger partial charge in [-0.25, -0.2) is 0 Å². The number of nitrogens with zero attached hydrogens (tertiary/aromatic N) is 1. The predicted molar refractivity (Wildman–Crippen MR) is 100 cm³/mol. The van der Waals surface area contributed by atoms with Gasteiger partial charge in [0.05, 0.1) is 5.25 Å². The Morgan fingerprint density at radius 1 is 1.17 bits per heavy atom. The van der Waals surface area contributed by atoms with Crippen LogP contribution in [0, 0.1) is 5.41 Å². The molecule has 1 fully saturated rings. The first-order chi connectivity index (χ1) is 11.4. The van der Waals surface area contributed by atoms with E-state index in [0.717, 1.165) is 5.17 Å². The van der Waals surface area contributed by atoms with E-state index in [9.17, 15) is 9.59 Å². The van der Waals surface area contributed by atoms with Crippen molar-refractivity contribution in [3.05, 3.63) is 0 Å². The van der Waals surface area contributed by atoms with E-state index < -0.39 is 5.41 Å². The Hall–Kier alpha value is -1.04. The molecular formula is C18H31N3O2S. The van der Waals surface area contributed by atoms with Crippen LogP contribution in [0.25, 0.3) is 0 Å². The van der Waals surface area contributed by atoms with E-state index in [2.05, 4.69) is 15.6 Å². The SMILES string of the molecule is CC(C)(C)C(=O)NCCC1SC(NC2CCCCCCC2)=NC1=O. The van der Waals surface area contributed by atoms with Gasteiger partial charge in [-0.1, -0.05) is 64.6 Å². The molecule has 24 heavy (non-hydrogen) atoms.